The summed E-state index contributed by atoms with van der Waals surface area (Å²) in [6, 6.07) is 5.11. The second kappa shape index (κ2) is 7.14. The molecule has 0 bridgehead atoms. The highest BCUT2D eigenvalue weighted by Gasteiger charge is 2.21. The van der Waals surface area contributed by atoms with E-state index in [4.69, 9.17) is 21.1 Å². The monoisotopic (exact) mass is 365 g/mol. The lowest BCUT2D eigenvalue weighted by Gasteiger charge is -2.19. The van der Waals surface area contributed by atoms with Gasteiger partial charge in [0, 0.05) is 6.20 Å². The lowest BCUT2D eigenvalue weighted by Crippen LogP contribution is -2.24. The van der Waals surface area contributed by atoms with Crippen molar-refractivity contribution in [2.75, 3.05) is 0 Å². The molecular formula is C18H24ClN3O3. The fourth-order valence-corrected chi connectivity index (χ4v) is 2.12. The van der Waals surface area contributed by atoms with Gasteiger partial charge in [-0.1, -0.05) is 11.6 Å². The zero-order valence-corrected chi connectivity index (χ0v) is 16.2. The number of aromatic nitrogens is 3. The van der Waals surface area contributed by atoms with E-state index in [0.717, 1.165) is 5.69 Å². The van der Waals surface area contributed by atoms with E-state index in [2.05, 4.69) is 10.1 Å². The van der Waals surface area contributed by atoms with E-state index in [1.165, 1.54) is 0 Å². The van der Waals surface area contributed by atoms with Gasteiger partial charge in [-0.25, -0.2) is 14.5 Å². The largest absolute Gasteiger partial charge is 0.456 e. The maximum atomic E-state index is 12.1. The molecule has 2 aromatic rings. The quantitative estimate of drug-likeness (QED) is 0.600. The summed E-state index contributed by atoms with van der Waals surface area (Å²) in [5, 5.41) is 4.49. The Labute approximate surface area is 153 Å². The Morgan fingerprint density at radius 2 is 1.80 bits per heavy atom. The van der Waals surface area contributed by atoms with Crippen LogP contribution in [-0.2, 0) is 16.1 Å². The molecule has 0 fully saturated rings. The Bertz CT molecular complexity index is 758. The van der Waals surface area contributed by atoms with Gasteiger partial charge in [-0.05, 0) is 59.7 Å². The summed E-state index contributed by atoms with van der Waals surface area (Å²) < 4.78 is 12.6. The number of carbonyl (C=O) groups is 1. The summed E-state index contributed by atoms with van der Waals surface area (Å²) >= 11 is 6.15. The zero-order valence-electron chi connectivity index (χ0n) is 15.5. The predicted molar refractivity (Wildman–Crippen MR) is 96.1 cm³/mol. The van der Waals surface area contributed by atoms with E-state index >= 15 is 0 Å². The summed E-state index contributed by atoms with van der Waals surface area (Å²) in [6.45, 7) is 11.8. The van der Waals surface area contributed by atoms with Crippen molar-refractivity contribution in [1.82, 2.24) is 14.8 Å². The van der Waals surface area contributed by atoms with Crippen LogP contribution in [0.15, 0.2) is 24.4 Å². The van der Waals surface area contributed by atoms with E-state index < -0.39 is 11.6 Å². The first-order valence-corrected chi connectivity index (χ1v) is 8.41. The van der Waals surface area contributed by atoms with Gasteiger partial charge in [0.15, 0.2) is 5.82 Å². The van der Waals surface area contributed by atoms with Crippen molar-refractivity contribution >= 4 is 17.6 Å². The molecule has 25 heavy (non-hydrogen) atoms. The van der Waals surface area contributed by atoms with Gasteiger partial charge >= 0.3 is 5.97 Å². The Kier molecular flexibility index (Phi) is 5.54. The van der Waals surface area contributed by atoms with Gasteiger partial charge in [-0.2, -0.15) is 5.10 Å². The number of rotatable bonds is 4. The van der Waals surface area contributed by atoms with Crippen LogP contribution in [0.1, 0.15) is 57.6 Å². The molecule has 0 saturated heterocycles. The van der Waals surface area contributed by atoms with E-state index in [1.54, 1.807) is 43.8 Å². The zero-order chi connectivity index (χ0) is 18.8. The Morgan fingerprint density at radius 1 is 1.12 bits per heavy atom. The smallest absolute Gasteiger partial charge is 0.341 e. The number of nitrogens with zero attached hydrogens (tertiary/aromatic N) is 3. The number of carbonyl (C=O) groups excluding carboxylic acids is 1. The van der Waals surface area contributed by atoms with Gasteiger partial charge in [0.25, 0.3) is 0 Å². The molecule has 0 saturated carbocycles. The van der Waals surface area contributed by atoms with E-state index in [-0.39, 0.29) is 16.3 Å². The molecular weight excluding hydrogens is 342 g/mol. The average molecular weight is 366 g/mol. The average Bonchev–Trinajstić information content (AvgIpc) is 2.91. The maximum Gasteiger partial charge on any atom is 0.341 e. The molecule has 0 aliphatic rings. The highest BCUT2D eigenvalue weighted by molar-refractivity contribution is 6.32. The maximum absolute atomic E-state index is 12.1. The molecule has 0 atom stereocenters. The van der Waals surface area contributed by atoms with Crippen molar-refractivity contribution in [2.24, 2.45) is 0 Å². The van der Waals surface area contributed by atoms with Crippen molar-refractivity contribution in [1.29, 1.82) is 0 Å². The van der Waals surface area contributed by atoms with E-state index in [0.29, 0.717) is 12.4 Å². The molecule has 0 radical (unpaired) electrons. The SMILES string of the molecule is CC(C)(C)OCc1ccn(-c2ccc(C(=O)OC(C)(C)C)c(Cl)n2)n1. The topological polar surface area (TPSA) is 66.2 Å². The van der Waals surface area contributed by atoms with Crippen LogP contribution in [0.2, 0.25) is 5.15 Å². The summed E-state index contributed by atoms with van der Waals surface area (Å²) in [5.74, 6) is 0.00981. The molecule has 0 aromatic carbocycles. The standard InChI is InChI=1S/C18H24ClN3O3/c1-17(2,3)24-11-12-9-10-22(21-12)14-8-7-13(15(19)20-14)16(23)25-18(4,5)6/h7-10H,11H2,1-6H3. The molecule has 2 aromatic heterocycles. The number of halogens is 1. The first kappa shape index (κ1) is 19.4. The first-order valence-electron chi connectivity index (χ1n) is 8.03. The van der Waals surface area contributed by atoms with Crippen molar-refractivity contribution in [2.45, 2.75) is 59.4 Å². The molecule has 0 unspecified atom stereocenters. The van der Waals surface area contributed by atoms with Gasteiger partial charge in [0.2, 0.25) is 0 Å². The number of esters is 1. The molecule has 136 valence electrons. The van der Waals surface area contributed by atoms with Crippen molar-refractivity contribution in [3.05, 3.63) is 40.8 Å². The Hall–Kier alpha value is -1.92. The molecule has 6 nitrogen and oxygen atoms in total. The summed E-state index contributed by atoms with van der Waals surface area (Å²) in [7, 11) is 0. The lowest BCUT2D eigenvalue weighted by molar-refractivity contribution is -0.0166. The van der Waals surface area contributed by atoms with Crippen LogP contribution in [0.25, 0.3) is 5.82 Å². The minimum absolute atomic E-state index is 0.0785. The van der Waals surface area contributed by atoms with Gasteiger partial charge in [0.1, 0.15) is 10.8 Å². The molecule has 0 spiro atoms. The highest BCUT2D eigenvalue weighted by Crippen LogP contribution is 2.20. The van der Waals surface area contributed by atoms with E-state index in [9.17, 15) is 4.79 Å². The third-order valence-electron chi connectivity index (χ3n) is 2.98. The van der Waals surface area contributed by atoms with Crippen molar-refractivity contribution in [3.63, 3.8) is 0 Å². The van der Waals surface area contributed by atoms with Crippen LogP contribution >= 0.6 is 11.6 Å². The molecule has 2 rings (SSSR count). The van der Waals surface area contributed by atoms with Gasteiger partial charge < -0.3 is 9.47 Å². The molecule has 7 heteroatoms. The van der Waals surface area contributed by atoms with Crippen LogP contribution in [0.3, 0.4) is 0 Å². The number of pyridine rings is 1. The summed E-state index contributed by atoms with van der Waals surface area (Å²) in [4.78, 5) is 16.4. The Balaban J connectivity index is 2.15. The molecule has 0 aliphatic heterocycles. The van der Waals surface area contributed by atoms with Crippen LogP contribution < -0.4 is 0 Å². The minimum atomic E-state index is -0.594. The lowest BCUT2D eigenvalue weighted by atomic mass is 10.2. The number of hydrogen-bond donors (Lipinski definition) is 0. The second-order valence-corrected chi connectivity index (χ2v) is 8.02. The van der Waals surface area contributed by atoms with Crippen molar-refractivity contribution < 1.29 is 14.3 Å². The van der Waals surface area contributed by atoms with Crippen LogP contribution in [0.4, 0.5) is 0 Å². The third kappa shape index (κ3) is 5.83. The molecule has 2 heterocycles. The second-order valence-electron chi connectivity index (χ2n) is 7.66. The first-order chi connectivity index (χ1) is 11.4. The highest BCUT2D eigenvalue weighted by atomic mass is 35.5. The Morgan fingerprint density at radius 3 is 2.36 bits per heavy atom. The number of ether oxygens (including phenoxy) is 2. The van der Waals surface area contributed by atoms with Gasteiger partial charge in [0.05, 0.1) is 23.5 Å². The number of hydrogen-bond acceptors (Lipinski definition) is 5. The summed E-state index contributed by atoms with van der Waals surface area (Å²) in [6.07, 6.45) is 1.77. The van der Waals surface area contributed by atoms with E-state index in [1.807, 2.05) is 26.8 Å². The van der Waals surface area contributed by atoms with Gasteiger partial charge in [-0.3, -0.25) is 0 Å². The molecule has 0 aliphatic carbocycles. The fraction of sp³-hybridized carbons (Fsp3) is 0.500. The minimum Gasteiger partial charge on any atom is -0.456 e. The normalized spacial score (nSPS) is 12.3. The van der Waals surface area contributed by atoms with Gasteiger partial charge in [-0.15, -0.1) is 0 Å². The van der Waals surface area contributed by atoms with Crippen LogP contribution in [0, 0.1) is 0 Å². The molecule has 0 amide bonds. The fourth-order valence-electron chi connectivity index (χ4n) is 1.89. The van der Waals surface area contributed by atoms with Crippen LogP contribution in [0.5, 0.6) is 0 Å². The predicted octanol–water partition coefficient (Wildman–Crippen LogP) is 4.19. The van der Waals surface area contributed by atoms with Crippen LogP contribution in [-0.4, -0.2) is 31.9 Å². The third-order valence-corrected chi connectivity index (χ3v) is 3.27. The summed E-state index contributed by atoms with van der Waals surface area (Å²) in [5.41, 5.74) is 0.177. The molecule has 0 N–H and O–H groups in total. The van der Waals surface area contributed by atoms with Crippen molar-refractivity contribution in [3.8, 4) is 5.82 Å².